The Morgan fingerprint density at radius 2 is 1.67 bits per heavy atom. The lowest BCUT2D eigenvalue weighted by molar-refractivity contribution is 0.224. The highest BCUT2D eigenvalue weighted by atomic mass is 15.2. The Kier molecular flexibility index (Phi) is 4.02. The maximum absolute atomic E-state index is 3.56. The predicted molar refractivity (Wildman–Crippen MR) is 53.0 cm³/mol. The van der Waals surface area contributed by atoms with Gasteiger partial charge in [0.1, 0.15) is 0 Å². The van der Waals surface area contributed by atoms with Gasteiger partial charge in [0.2, 0.25) is 0 Å². The third-order valence-electron chi connectivity index (χ3n) is 2.89. The fourth-order valence-corrected chi connectivity index (χ4v) is 1.89. The summed E-state index contributed by atoms with van der Waals surface area (Å²) >= 11 is 0. The number of nitrogens with one attached hydrogen (secondary N) is 2. The van der Waals surface area contributed by atoms with Crippen LogP contribution in [0.15, 0.2) is 0 Å². The van der Waals surface area contributed by atoms with Crippen molar-refractivity contribution in [3.63, 3.8) is 0 Å². The van der Waals surface area contributed by atoms with Gasteiger partial charge in [0.05, 0.1) is 6.17 Å². The van der Waals surface area contributed by atoms with Crippen molar-refractivity contribution >= 4 is 0 Å². The van der Waals surface area contributed by atoms with Crippen LogP contribution in [0.4, 0.5) is 0 Å². The third-order valence-corrected chi connectivity index (χ3v) is 2.89. The van der Waals surface area contributed by atoms with Crippen LogP contribution in [-0.4, -0.2) is 19.3 Å². The summed E-state index contributed by atoms with van der Waals surface area (Å²) in [6.45, 7) is 9.18. The molecule has 0 saturated carbocycles. The van der Waals surface area contributed by atoms with E-state index in [9.17, 15) is 0 Å². The Balaban J connectivity index is 2.32. The normalized spacial score (nSPS) is 31.0. The summed E-state index contributed by atoms with van der Waals surface area (Å²) in [5, 5.41) is 7.12. The molecule has 0 unspecified atom stereocenters. The van der Waals surface area contributed by atoms with Crippen LogP contribution in [0.5, 0.6) is 0 Å². The third kappa shape index (κ3) is 2.46. The fraction of sp³-hybridized carbons (Fsp3) is 1.00. The van der Waals surface area contributed by atoms with E-state index in [-0.39, 0.29) is 0 Å². The van der Waals surface area contributed by atoms with Gasteiger partial charge in [-0.1, -0.05) is 33.6 Å². The summed E-state index contributed by atoms with van der Waals surface area (Å²) in [5.74, 6) is 1.59. The van der Waals surface area contributed by atoms with Gasteiger partial charge in [0, 0.05) is 13.1 Å². The van der Waals surface area contributed by atoms with Crippen molar-refractivity contribution in [3.8, 4) is 0 Å². The molecule has 2 heteroatoms. The van der Waals surface area contributed by atoms with Gasteiger partial charge < -0.3 is 10.6 Å². The van der Waals surface area contributed by atoms with E-state index in [1.54, 1.807) is 0 Å². The minimum absolute atomic E-state index is 0.566. The monoisotopic (exact) mass is 170 g/mol. The van der Waals surface area contributed by atoms with Crippen molar-refractivity contribution in [2.45, 2.75) is 39.8 Å². The van der Waals surface area contributed by atoms with Crippen molar-refractivity contribution in [3.05, 3.63) is 0 Å². The van der Waals surface area contributed by atoms with Crippen molar-refractivity contribution in [1.82, 2.24) is 10.6 Å². The summed E-state index contributed by atoms with van der Waals surface area (Å²) in [7, 11) is 0. The molecule has 0 aromatic carbocycles. The first kappa shape index (κ1) is 10.0. The Labute approximate surface area is 76.1 Å². The molecule has 1 saturated heterocycles. The highest BCUT2D eigenvalue weighted by molar-refractivity contribution is 4.79. The number of hydrogen-bond acceptors (Lipinski definition) is 2. The molecule has 1 rings (SSSR count). The molecule has 1 aliphatic heterocycles. The van der Waals surface area contributed by atoms with Crippen molar-refractivity contribution in [1.29, 1.82) is 0 Å². The van der Waals surface area contributed by atoms with E-state index in [0.717, 1.165) is 11.8 Å². The van der Waals surface area contributed by atoms with Gasteiger partial charge in [-0.2, -0.15) is 0 Å². The molecular weight excluding hydrogens is 148 g/mol. The first-order valence-electron chi connectivity index (χ1n) is 5.24. The molecule has 72 valence electrons. The smallest absolute Gasteiger partial charge is 0.0600 e. The fourth-order valence-electron chi connectivity index (χ4n) is 1.89. The summed E-state index contributed by atoms with van der Waals surface area (Å²) in [6.07, 6.45) is 3.11. The predicted octanol–water partition coefficient (Wildman–Crippen LogP) is 1.58. The molecule has 1 fully saturated rings. The maximum Gasteiger partial charge on any atom is 0.0600 e. The molecule has 0 radical (unpaired) electrons. The molecule has 1 aliphatic rings. The molecule has 0 aromatic rings. The summed E-state index contributed by atoms with van der Waals surface area (Å²) in [6, 6.07) is 0. The van der Waals surface area contributed by atoms with E-state index in [1.165, 1.54) is 25.9 Å². The molecule has 1 heterocycles. The molecule has 0 amide bonds. The Bertz CT molecular complexity index is 113. The maximum atomic E-state index is 3.56. The zero-order valence-corrected chi connectivity index (χ0v) is 8.56. The second-order valence-electron chi connectivity index (χ2n) is 3.98. The van der Waals surface area contributed by atoms with Crippen LogP contribution in [0.2, 0.25) is 0 Å². The minimum Gasteiger partial charge on any atom is -0.301 e. The molecule has 0 spiro atoms. The van der Waals surface area contributed by atoms with E-state index in [0.29, 0.717) is 6.17 Å². The second-order valence-corrected chi connectivity index (χ2v) is 3.98. The van der Waals surface area contributed by atoms with E-state index >= 15 is 0 Å². The number of hydrogen-bond donors (Lipinski definition) is 2. The average Bonchev–Trinajstić information content (AvgIpc) is 2.10. The van der Waals surface area contributed by atoms with E-state index in [2.05, 4.69) is 31.4 Å². The SMILES string of the molecule is CCC(CC)C1NCC(C)CN1. The largest absolute Gasteiger partial charge is 0.301 e. The lowest BCUT2D eigenvalue weighted by atomic mass is 9.97. The Hall–Kier alpha value is -0.0800. The Morgan fingerprint density at radius 3 is 2.08 bits per heavy atom. The van der Waals surface area contributed by atoms with Gasteiger partial charge in [-0.05, 0) is 11.8 Å². The van der Waals surface area contributed by atoms with Crippen molar-refractivity contribution in [2.24, 2.45) is 11.8 Å². The van der Waals surface area contributed by atoms with Gasteiger partial charge >= 0.3 is 0 Å². The van der Waals surface area contributed by atoms with Gasteiger partial charge in [-0.3, -0.25) is 0 Å². The average molecular weight is 170 g/mol. The quantitative estimate of drug-likeness (QED) is 0.672. The molecule has 0 aliphatic carbocycles. The van der Waals surface area contributed by atoms with Crippen LogP contribution >= 0.6 is 0 Å². The Morgan fingerprint density at radius 1 is 1.17 bits per heavy atom. The molecule has 0 bridgehead atoms. The lowest BCUT2D eigenvalue weighted by Crippen LogP contribution is -2.55. The van der Waals surface area contributed by atoms with Crippen LogP contribution in [0.1, 0.15) is 33.6 Å². The van der Waals surface area contributed by atoms with Crippen LogP contribution in [0.3, 0.4) is 0 Å². The van der Waals surface area contributed by atoms with Crippen LogP contribution in [-0.2, 0) is 0 Å². The van der Waals surface area contributed by atoms with Crippen LogP contribution in [0, 0.1) is 11.8 Å². The summed E-state index contributed by atoms with van der Waals surface area (Å²) in [4.78, 5) is 0. The minimum atomic E-state index is 0.566. The topological polar surface area (TPSA) is 24.1 Å². The highest BCUT2D eigenvalue weighted by Crippen LogP contribution is 2.13. The molecule has 2 nitrogen and oxygen atoms in total. The van der Waals surface area contributed by atoms with E-state index < -0.39 is 0 Å². The molecule has 0 atom stereocenters. The van der Waals surface area contributed by atoms with Crippen molar-refractivity contribution in [2.75, 3.05) is 13.1 Å². The van der Waals surface area contributed by atoms with E-state index in [4.69, 9.17) is 0 Å². The first-order chi connectivity index (χ1) is 5.77. The van der Waals surface area contributed by atoms with Gasteiger partial charge in [0.15, 0.2) is 0 Å². The van der Waals surface area contributed by atoms with Gasteiger partial charge in [-0.15, -0.1) is 0 Å². The molecule has 2 N–H and O–H groups in total. The summed E-state index contributed by atoms with van der Waals surface area (Å²) in [5.41, 5.74) is 0. The zero-order chi connectivity index (χ0) is 8.97. The molecule has 0 aromatic heterocycles. The summed E-state index contributed by atoms with van der Waals surface area (Å²) < 4.78 is 0. The first-order valence-corrected chi connectivity index (χ1v) is 5.24. The lowest BCUT2D eigenvalue weighted by Gasteiger charge is -2.34. The van der Waals surface area contributed by atoms with Crippen LogP contribution < -0.4 is 10.6 Å². The van der Waals surface area contributed by atoms with Crippen LogP contribution in [0.25, 0.3) is 0 Å². The molecular formula is C10H22N2. The second kappa shape index (κ2) is 4.83. The standard InChI is InChI=1S/C10H22N2/c1-4-9(5-2)10-11-6-8(3)7-12-10/h8-12H,4-7H2,1-3H3. The number of rotatable bonds is 3. The van der Waals surface area contributed by atoms with E-state index in [1.807, 2.05) is 0 Å². The molecule has 12 heavy (non-hydrogen) atoms. The zero-order valence-electron chi connectivity index (χ0n) is 8.56. The van der Waals surface area contributed by atoms with Crippen molar-refractivity contribution < 1.29 is 0 Å². The highest BCUT2D eigenvalue weighted by Gasteiger charge is 2.22. The van der Waals surface area contributed by atoms with Gasteiger partial charge in [0.25, 0.3) is 0 Å². The van der Waals surface area contributed by atoms with Gasteiger partial charge in [-0.25, -0.2) is 0 Å².